The molecule has 128 valence electrons. The Bertz CT molecular complexity index is 625. The smallest absolute Gasteiger partial charge is 0.224 e. The zero-order chi connectivity index (χ0) is 14.7. The zero-order valence-corrected chi connectivity index (χ0v) is 14.9. The number of aromatic nitrogens is 2. The number of imidazole rings is 1. The van der Waals surface area contributed by atoms with Crippen LogP contribution in [0.5, 0.6) is 0 Å². The van der Waals surface area contributed by atoms with E-state index in [1.807, 2.05) is 42.5 Å². The van der Waals surface area contributed by atoms with Crippen molar-refractivity contribution in [3.05, 3.63) is 30.6 Å². The van der Waals surface area contributed by atoms with Gasteiger partial charge in [0.15, 0.2) is 0 Å². The van der Waals surface area contributed by atoms with Crippen LogP contribution in [0, 0.1) is 0 Å². The van der Waals surface area contributed by atoms with E-state index in [2.05, 4.69) is 14.9 Å². The molecule has 0 bridgehead atoms. The van der Waals surface area contributed by atoms with E-state index in [4.69, 9.17) is 0 Å². The van der Waals surface area contributed by atoms with Gasteiger partial charge in [0.25, 0.3) is 0 Å². The summed E-state index contributed by atoms with van der Waals surface area (Å²) in [4.78, 5) is 18.6. The summed E-state index contributed by atoms with van der Waals surface area (Å²) in [7, 11) is 1.93. The van der Waals surface area contributed by atoms with E-state index in [9.17, 15) is 4.79 Å². The number of hydrogen-bond donors (Lipinski definition) is 1. The highest BCUT2D eigenvalue weighted by atomic mass is 35.5. The van der Waals surface area contributed by atoms with Crippen molar-refractivity contribution < 1.29 is 4.79 Å². The maximum atomic E-state index is 12.3. The van der Waals surface area contributed by atoms with Crippen LogP contribution in [0.15, 0.2) is 30.6 Å². The van der Waals surface area contributed by atoms with E-state index in [-0.39, 0.29) is 30.7 Å². The predicted octanol–water partition coefficient (Wildman–Crippen LogP) is 2.48. The number of piperidine rings is 1. The summed E-state index contributed by atoms with van der Waals surface area (Å²) in [6.45, 7) is 2.71. The highest BCUT2D eigenvalue weighted by Gasteiger charge is 2.21. The van der Waals surface area contributed by atoms with Gasteiger partial charge in [0.2, 0.25) is 5.91 Å². The Morgan fingerprint density at radius 3 is 2.74 bits per heavy atom. The molecule has 1 fully saturated rings. The Balaban J connectivity index is 0.00000132. The third kappa shape index (κ3) is 4.59. The van der Waals surface area contributed by atoms with Crippen molar-refractivity contribution in [3.63, 3.8) is 0 Å². The Kier molecular flexibility index (Phi) is 7.82. The van der Waals surface area contributed by atoms with Crippen LogP contribution in [-0.2, 0) is 11.3 Å². The van der Waals surface area contributed by atoms with Crippen LogP contribution in [0.1, 0.15) is 19.3 Å². The zero-order valence-electron chi connectivity index (χ0n) is 13.3. The van der Waals surface area contributed by atoms with Gasteiger partial charge in [-0.15, -0.1) is 24.8 Å². The molecular formula is C16H24Cl2N4O. The summed E-state index contributed by atoms with van der Waals surface area (Å²) in [6, 6.07) is 8.41. The molecule has 1 aromatic carbocycles. The van der Waals surface area contributed by atoms with Crippen LogP contribution in [0.4, 0.5) is 0 Å². The number of rotatable bonds is 4. The summed E-state index contributed by atoms with van der Waals surface area (Å²) in [5.74, 6) is 0.222. The number of carbonyl (C=O) groups excluding carboxylic acids is 1. The van der Waals surface area contributed by atoms with E-state index in [1.54, 1.807) is 0 Å². The van der Waals surface area contributed by atoms with Crippen molar-refractivity contribution in [1.29, 1.82) is 0 Å². The summed E-state index contributed by atoms with van der Waals surface area (Å²) in [6.07, 6.45) is 4.45. The van der Waals surface area contributed by atoms with Crippen LogP contribution in [0.2, 0.25) is 0 Å². The SMILES string of the molecule is CN(C(=O)CCn1cnc2ccccc21)C1CCNCC1.Cl.Cl. The lowest BCUT2D eigenvalue weighted by molar-refractivity contribution is -0.132. The van der Waals surface area contributed by atoms with Crippen molar-refractivity contribution in [2.45, 2.75) is 31.8 Å². The summed E-state index contributed by atoms with van der Waals surface area (Å²) < 4.78 is 2.06. The molecule has 1 N–H and O–H groups in total. The summed E-state index contributed by atoms with van der Waals surface area (Å²) >= 11 is 0. The molecule has 1 aliphatic rings. The van der Waals surface area contributed by atoms with E-state index < -0.39 is 0 Å². The second kappa shape index (κ2) is 9.11. The maximum Gasteiger partial charge on any atom is 0.224 e. The van der Waals surface area contributed by atoms with Gasteiger partial charge in [0, 0.05) is 26.1 Å². The lowest BCUT2D eigenvalue weighted by atomic mass is 10.1. The van der Waals surface area contributed by atoms with Gasteiger partial charge < -0.3 is 14.8 Å². The topological polar surface area (TPSA) is 50.2 Å². The number of nitrogens with one attached hydrogen (secondary N) is 1. The van der Waals surface area contributed by atoms with Gasteiger partial charge in [-0.25, -0.2) is 4.98 Å². The number of hydrogen-bond acceptors (Lipinski definition) is 3. The van der Waals surface area contributed by atoms with Crippen LogP contribution in [0.3, 0.4) is 0 Å². The Hall–Kier alpha value is -1.30. The molecule has 3 rings (SSSR count). The predicted molar refractivity (Wildman–Crippen MR) is 97.5 cm³/mol. The first kappa shape index (κ1) is 19.7. The monoisotopic (exact) mass is 358 g/mol. The number of amides is 1. The third-order valence-corrected chi connectivity index (χ3v) is 4.34. The molecule has 0 spiro atoms. The molecule has 0 unspecified atom stereocenters. The molecule has 0 atom stereocenters. The van der Waals surface area contributed by atoms with Gasteiger partial charge >= 0.3 is 0 Å². The molecular weight excluding hydrogens is 335 g/mol. The molecule has 1 aromatic heterocycles. The fourth-order valence-corrected chi connectivity index (χ4v) is 2.98. The Morgan fingerprint density at radius 1 is 1.30 bits per heavy atom. The van der Waals surface area contributed by atoms with Crippen molar-refractivity contribution in [3.8, 4) is 0 Å². The maximum absolute atomic E-state index is 12.3. The highest BCUT2D eigenvalue weighted by molar-refractivity contribution is 5.85. The van der Waals surface area contributed by atoms with Crippen LogP contribution in [-0.4, -0.2) is 46.5 Å². The van der Waals surface area contributed by atoms with Crippen LogP contribution >= 0.6 is 24.8 Å². The van der Waals surface area contributed by atoms with Gasteiger partial charge in [0.1, 0.15) is 0 Å². The number of benzene rings is 1. The second-order valence-electron chi connectivity index (χ2n) is 5.66. The number of carbonyl (C=O) groups is 1. The average Bonchev–Trinajstić information content (AvgIpc) is 2.96. The molecule has 1 saturated heterocycles. The van der Waals surface area contributed by atoms with Gasteiger partial charge in [-0.05, 0) is 38.1 Å². The van der Waals surface area contributed by atoms with E-state index in [0.717, 1.165) is 37.0 Å². The lowest BCUT2D eigenvalue weighted by Gasteiger charge is -2.31. The average molecular weight is 359 g/mol. The Morgan fingerprint density at radius 2 is 2.00 bits per heavy atom. The normalized spacial score (nSPS) is 14.8. The van der Waals surface area contributed by atoms with Crippen molar-refractivity contribution in [2.24, 2.45) is 0 Å². The van der Waals surface area contributed by atoms with E-state index in [1.165, 1.54) is 0 Å². The van der Waals surface area contributed by atoms with Crippen molar-refractivity contribution in [2.75, 3.05) is 20.1 Å². The van der Waals surface area contributed by atoms with Crippen LogP contribution < -0.4 is 5.32 Å². The van der Waals surface area contributed by atoms with Gasteiger partial charge in [-0.1, -0.05) is 12.1 Å². The first-order valence-corrected chi connectivity index (χ1v) is 7.62. The molecule has 0 saturated carbocycles. The van der Waals surface area contributed by atoms with Crippen molar-refractivity contribution in [1.82, 2.24) is 19.8 Å². The standard InChI is InChI=1S/C16H22N4O.2ClH/c1-19(13-6-9-17-10-7-13)16(21)8-11-20-12-18-14-4-2-3-5-15(14)20;;/h2-5,12-13,17H,6-11H2,1H3;2*1H. The number of para-hydroxylation sites is 2. The summed E-state index contributed by atoms with van der Waals surface area (Å²) in [5.41, 5.74) is 2.08. The minimum Gasteiger partial charge on any atom is -0.343 e. The molecule has 1 aliphatic heterocycles. The molecule has 7 heteroatoms. The minimum atomic E-state index is 0. The van der Waals surface area contributed by atoms with Gasteiger partial charge in [0.05, 0.1) is 17.4 Å². The number of aryl methyl sites for hydroxylation is 1. The number of halogens is 2. The first-order valence-electron chi connectivity index (χ1n) is 7.62. The fourth-order valence-electron chi connectivity index (χ4n) is 2.98. The third-order valence-electron chi connectivity index (χ3n) is 4.34. The molecule has 5 nitrogen and oxygen atoms in total. The highest BCUT2D eigenvalue weighted by Crippen LogP contribution is 2.14. The molecule has 23 heavy (non-hydrogen) atoms. The largest absolute Gasteiger partial charge is 0.343 e. The quantitative estimate of drug-likeness (QED) is 0.913. The molecule has 0 aliphatic carbocycles. The molecule has 2 heterocycles. The van der Waals surface area contributed by atoms with Crippen molar-refractivity contribution >= 4 is 41.8 Å². The summed E-state index contributed by atoms with van der Waals surface area (Å²) in [5, 5.41) is 3.33. The van der Waals surface area contributed by atoms with E-state index >= 15 is 0 Å². The lowest BCUT2D eigenvalue weighted by Crippen LogP contribution is -2.44. The molecule has 1 amide bonds. The fraction of sp³-hybridized carbons (Fsp3) is 0.500. The second-order valence-corrected chi connectivity index (χ2v) is 5.66. The van der Waals surface area contributed by atoms with E-state index in [0.29, 0.717) is 19.0 Å². The minimum absolute atomic E-state index is 0. The molecule has 2 aromatic rings. The number of fused-ring (bicyclic) bond motifs is 1. The van der Waals surface area contributed by atoms with Crippen LogP contribution in [0.25, 0.3) is 11.0 Å². The van der Waals surface area contributed by atoms with Gasteiger partial charge in [-0.3, -0.25) is 4.79 Å². The Labute approximate surface area is 149 Å². The van der Waals surface area contributed by atoms with Gasteiger partial charge in [-0.2, -0.15) is 0 Å². The molecule has 0 radical (unpaired) electrons. The first-order chi connectivity index (χ1) is 10.3. The number of nitrogens with zero attached hydrogens (tertiary/aromatic N) is 3.